The Labute approximate surface area is 251 Å². The number of hydrogen-bond donors (Lipinski definition) is 4. The molecule has 0 aromatic heterocycles. The molecule has 0 fully saturated rings. The van der Waals surface area contributed by atoms with E-state index >= 15 is 0 Å². The van der Waals surface area contributed by atoms with Crippen molar-refractivity contribution in [2.75, 3.05) is 13.1 Å². The number of carbonyl (C=O) groups is 4. The van der Waals surface area contributed by atoms with Crippen molar-refractivity contribution in [3.8, 4) is 0 Å². The molecule has 0 aromatic carbocycles. The van der Waals surface area contributed by atoms with Crippen LogP contribution in [0, 0.1) is 11.8 Å². The summed E-state index contributed by atoms with van der Waals surface area (Å²) < 4.78 is 0. The lowest BCUT2D eigenvalue weighted by Crippen LogP contribution is -2.52. The maximum absolute atomic E-state index is 13.4. The Morgan fingerprint density at radius 3 is 1.78 bits per heavy atom. The second-order valence-electron chi connectivity index (χ2n) is 12.6. The summed E-state index contributed by atoms with van der Waals surface area (Å²) in [4.78, 5) is 51.1. The third-order valence-electron chi connectivity index (χ3n) is 7.29. The number of Topliss-reactive ketones (excluding diaryl/α,β-unsaturated/α-hetero) is 1. The van der Waals surface area contributed by atoms with Gasteiger partial charge in [0.05, 0.1) is 6.04 Å². The second kappa shape index (κ2) is 24.6. The standard InChI is InChI=1S/C33H64N4O4/c1-8-9-10-11-22-31(39)36-29(20-15-17-24-35-30(38)21-13-12-18-25(2)3)33(41)37-28(32(40)26(4)5)19-14-16-23-34-27(6)7/h25-29,34H,8-24H2,1-7H3,(H,35,38)(H,36,39)(H,37,41). The van der Waals surface area contributed by atoms with Crippen molar-refractivity contribution in [1.29, 1.82) is 0 Å². The number of ketones is 1. The van der Waals surface area contributed by atoms with Crippen LogP contribution in [-0.4, -0.2) is 54.7 Å². The first kappa shape index (κ1) is 39.0. The Balaban J connectivity index is 4.98. The zero-order valence-corrected chi connectivity index (χ0v) is 27.5. The minimum atomic E-state index is -0.689. The van der Waals surface area contributed by atoms with Crippen LogP contribution in [0.25, 0.3) is 0 Å². The third kappa shape index (κ3) is 22.3. The molecule has 240 valence electrons. The zero-order valence-electron chi connectivity index (χ0n) is 27.5. The van der Waals surface area contributed by atoms with Gasteiger partial charge in [-0.05, 0) is 63.8 Å². The first-order chi connectivity index (χ1) is 19.5. The van der Waals surface area contributed by atoms with Gasteiger partial charge in [0.25, 0.3) is 0 Å². The van der Waals surface area contributed by atoms with Gasteiger partial charge in [0, 0.05) is 31.3 Å². The highest BCUT2D eigenvalue weighted by Gasteiger charge is 2.27. The van der Waals surface area contributed by atoms with E-state index in [9.17, 15) is 19.2 Å². The highest BCUT2D eigenvalue weighted by Crippen LogP contribution is 2.11. The SMILES string of the molecule is CCCCCCC(=O)NC(CCCCNC(=O)CCCCC(C)C)C(=O)NC(CCCCNC(C)C)C(=O)C(C)C. The molecule has 0 saturated carbocycles. The van der Waals surface area contributed by atoms with Gasteiger partial charge < -0.3 is 21.3 Å². The Kier molecular flexibility index (Phi) is 23.4. The van der Waals surface area contributed by atoms with Crippen molar-refractivity contribution in [2.24, 2.45) is 11.8 Å². The van der Waals surface area contributed by atoms with Gasteiger partial charge in [-0.1, -0.05) is 80.6 Å². The maximum Gasteiger partial charge on any atom is 0.243 e. The first-order valence-corrected chi connectivity index (χ1v) is 16.6. The molecule has 8 nitrogen and oxygen atoms in total. The lowest BCUT2D eigenvalue weighted by molar-refractivity contribution is -0.132. The zero-order chi connectivity index (χ0) is 31.0. The molecule has 0 rings (SSSR count). The van der Waals surface area contributed by atoms with Gasteiger partial charge in [-0.25, -0.2) is 0 Å². The fraction of sp³-hybridized carbons (Fsp3) is 0.879. The monoisotopic (exact) mass is 580 g/mol. The summed E-state index contributed by atoms with van der Waals surface area (Å²) in [5.41, 5.74) is 0. The molecule has 4 N–H and O–H groups in total. The molecule has 2 unspecified atom stereocenters. The third-order valence-corrected chi connectivity index (χ3v) is 7.29. The van der Waals surface area contributed by atoms with E-state index in [2.05, 4.69) is 55.9 Å². The molecule has 0 aliphatic carbocycles. The van der Waals surface area contributed by atoms with Crippen LogP contribution in [0.4, 0.5) is 0 Å². The lowest BCUT2D eigenvalue weighted by atomic mass is 9.96. The van der Waals surface area contributed by atoms with E-state index in [4.69, 9.17) is 0 Å². The predicted molar refractivity (Wildman–Crippen MR) is 170 cm³/mol. The van der Waals surface area contributed by atoms with Crippen molar-refractivity contribution >= 4 is 23.5 Å². The predicted octanol–water partition coefficient (Wildman–Crippen LogP) is 5.82. The van der Waals surface area contributed by atoms with E-state index in [1.165, 1.54) is 0 Å². The van der Waals surface area contributed by atoms with E-state index in [0.29, 0.717) is 50.6 Å². The molecule has 3 amide bonds. The Hall–Kier alpha value is -1.96. The van der Waals surface area contributed by atoms with E-state index in [0.717, 1.165) is 70.8 Å². The average Bonchev–Trinajstić information content (AvgIpc) is 2.90. The molecule has 0 bridgehead atoms. The average molecular weight is 581 g/mol. The highest BCUT2D eigenvalue weighted by atomic mass is 16.2. The molecular weight excluding hydrogens is 516 g/mol. The minimum Gasteiger partial charge on any atom is -0.356 e. The summed E-state index contributed by atoms with van der Waals surface area (Å²) in [6.07, 6.45) is 12.3. The molecular formula is C33H64N4O4. The molecule has 0 spiro atoms. The summed E-state index contributed by atoms with van der Waals surface area (Å²) in [7, 11) is 0. The van der Waals surface area contributed by atoms with Gasteiger partial charge >= 0.3 is 0 Å². The van der Waals surface area contributed by atoms with Crippen LogP contribution >= 0.6 is 0 Å². The van der Waals surface area contributed by atoms with Gasteiger partial charge in [-0.2, -0.15) is 0 Å². The van der Waals surface area contributed by atoms with Crippen molar-refractivity contribution in [2.45, 2.75) is 163 Å². The summed E-state index contributed by atoms with van der Waals surface area (Å²) in [5.74, 6) is 0.154. The van der Waals surface area contributed by atoms with E-state index in [-0.39, 0.29) is 29.4 Å². The summed E-state index contributed by atoms with van der Waals surface area (Å²) in [6, 6.07) is -0.830. The molecule has 0 saturated heterocycles. The van der Waals surface area contributed by atoms with Gasteiger partial charge in [0.2, 0.25) is 17.7 Å². The number of hydrogen-bond acceptors (Lipinski definition) is 5. The van der Waals surface area contributed by atoms with Crippen molar-refractivity contribution in [1.82, 2.24) is 21.3 Å². The molecule has 2 atom stereocenters. The van der Waals surface area contributed by atoms with E-state index < -0.39 is 12.1 Å². The molecule has 0 radical (unpaired) electrons. The van der Waals surface area contributed by atoms with Crippen LogP contribution in [0.3, 0.4) is 0 Å². The van der Waals surface area contributed by atoms with Crippen molar-refractivity contribution in [3.05, 3.63) is 0 Å². The number of rotatable bonds is 26. The van der Waals surface area contributed by atoms with Crippen LogP contribution in [0.15, 0.2) is 0 Å². The summed E-state index contributed by atoms with van der Waals surface area (Å²) in [6.45, 7) is 15.9. The van der Waals surface area contributed by atoms with Crippen LogP contribution < -0.4 is 21.3 Å². The maximum atomic E-state index is 13.4. The van der Waals surface area contributed by atoms with E-state index in [1.54, 1.807) is 0 Å². The summed E-state index contributed by atoms with van der Waals surface area (Å²) in [5, 5.41) is 12.3. The molecule has 0 aliphatic rings. The number of unbranched alkanes of at least 4 members (excludes halogenated alkanes) is 6. The second-order valence-corrected chi connectivity index (χ2v) is 12.6. The van der Waals surface area contributed by atoms with Crippen molar-refractivity contribution in [3.63, 3.8) is 0 Å². The van der Waals surface area contributed by atoms with Crippen molar-refractivity contribution < 1.29 is 19.2 Å². The van der Waals surface area contributed by atoms with Crippen LogP contribution in [0.2, 0.25) is 0 Å². The molecule has 41 heavy (non-hydrogen) atoms. The molecule has 0 heterocycles. The molecule has 0 aliphatic heterocycles. The van der Waals surface area contributed by atoms with Gasteiger partial charge in [0.15, 0.2) is 5.78 Å². The molecule has 8 heteroatoms. The van der Waals surface area contributed by atoms with Gasteiger partial charge in [0.1, 0.15) is 6.04 Å². The fourth-order valence-electron chi connectivity index (χ4n) is 4.70. The highest BCUT2D eigenvalue weighted by molar-refractivity contribution is 5.93. The Bertz CT molecular complexity index is 724. The van der Waals surface area contributed by atoms with Crippen LogP contribution in [-0.2, 0) is 19.2 Å². The Morgan fingerprint density at radius 1 is 0.585 bits per heavy atom. The fourth-order valence-corrected chi connectivity index (χ4v) is 4.70. The lowest BCUT2D eigenvalue weighted by Gasteiger charge is -2.24. The quantitative estimate of drug-likeness (QED) is 0.0962. The number of amides is 3. The molecule has 0 aromatic rings. The van der Waals surface area contributed by atoms with Crippen LogP contribution in [0.5, 0.6) is 0 Å². The largest absolute Gasteiger partial charge is 0.356 e. The minimum absolute atomic E-state index is 0.0240. The first-order valence-electron chi connectivity index (χ1n) is 16.6. The van der Waals surface area contributed by atoms with E-state index in [1.807, 2.05) is 13.8 Å². The topological polar surface area (TPSA) is 116 Å². The number of carbonyl (C=O) groups excluding carboxylic acids is 4. The van der Waals surface area contributed by atoms with Crippen LogP contribution in [0.1, 0.15) is 145 Å². The number of nitrogens with one attached hydrogen (secondary N) is 4. The van der Waals surface area contributed by atoms with Gasteiger partial charge in [-0.15, -0.1) is 0 Å². The smallest absolute Gasteiger partial charge is 0.243 e. The summed E-state index contributed by atoms with van der Waals surface area (Å²) >= 11 is 0. The normalized spacial score (nSPS) is 12.9. The Morgan fingerprint density at radius 2 is 1.17 bits per heavy atom. The van der Waals surface area contributed by atoms with Gasteiger partial charge in [-0.3, -0.25) is 19.2 Å².